The van der Waals surface area contributed by atoms with E-state index in [9.17, 15) is 4.79 Å². The molecule has 0 aliphatic carbocycles. The van der Waals surface area contributed by atoms with Gasteiger partial charge >= 0.3 is 0 Å². The lowest BCUT2D eigenvalue weighted by atomic mass is 10.1. The third-order valence-electron chi connectivity index (χ3n) is 3.94. The zero-order valence-corrected chi connectivity index (χ0v) is 13.9. The lowest BCUT2D eigenvalue weighted by Crippen LogP contribution is -2.41. The fourth-order valence-corrected chi connectivity index (χ4v) is 3.57. The summed E-state index contributed by atoms with van der Waals surface area (Å²) in [6.45, 7) is 7.31. The van der Waals surface area contributed by atoms with E-state index in [1.165, 1.54) is 0 Å². The van der Waals surface area contributed by atoms with Crippen molar-refractivity contribution < 1.29 is 9.53 Å². The van der Waals surface area contributed by atoms with Gasteiger partial charge in [-0.25, -0.2) is 0 Å². The standard InChI is InChI=1S/C15H20BrN3O2/c1-3-17-14-10-6-11(16)13(7-12(10)18-15(14)20)19-4-5-21-9(2)8-19/h6-7,9,14,17H,3-5,8H2,1-2H3,(H,18,20). The number of hydrogen-bond acceptors (Lipinski definition) is 4. The molecule has 1 amide bonds. The minimum absolute atomic E-state index is 0.0197. The Bertz CT molecular complexity index is 564. The molecule has 2 heterocycles. The summed E-state index contributed by atoms with van der Waals surface area (Å²) >= 11 is 3.65. The molecule has 1 fully saturated rings. The average Bonchev–Trinajstić information content (AvgIpc) is 2.74. The van der Waals surface area contributed by atoms with Gasteiger partial charge < -0.3 is 20.3 Å². The van der Waals surface area contributed by atoms with Crippen LogP contribution in [0.25, 0.3) is 0 Å². The molecule has 3 rings (SSSR count). The van der Waals surface area contributed by atoms with E-state index >= 15 is 0 Å². The summed E-state index contributed by atoms with van der Waals surface area (Å²) in [5, 5.41) is 6.19. The minimum atomic E-state index is -0.251. The second-order valence-corrected chi connectivity index (χ2v) is 6.35. The molecule has 21 heavy (non-hydrogen) atoms. The van der Waals surface area contributed by atoms with E-state index in [-0.39, 0.29) is 18.1 Å². The number of carbonyl (C=O) groups is 1. The highest BCUT2D eigenvalue weighted by Gasteiger charge is 2.31. The van der Waals surface area contributed by atoms with Crippen LogP contribution in [0.4, 0.5) is 11.4 Å². The molecule has 0 saturated carbocycles. The van der Waals surface area contributed by atoms with Gasteiger partial charge in [0, 0.05) is 28.8 Å². The highest BCUT2D eigenvalue weighted by molar-refractivity contribution is 9.10. The molecule has 114 valence electrons. The number of hydrogen-bond donors (Lipinski definition) is 2. The molecule has 0 radical (unpaired) electrons. The number of ether oxygens (including phenoxy) is 1. The van der Waals surface area contributed by atoms with Gasteiger partial charge in [-0.3, -0.25) is 4.79 Å². The van der Waals surface area contributed by atoms with E-state index in [0.29, 0.717) is 0 Å². The van der Waals surface area contributed by atoms with Crippen molar-refractivity contribution in [3.63, 3.8) is 0 Å². The van der Waals surface area contributed by atoms with Crippen molar-refractivity contribution in [1.82, 2.24) is 5.32 Å². The van der Waals surface area contributed by atoms with Crippen LogP contribution >= 0.6 is 15.9 Å². The average molecular weight is 354 g/mol. The van der Waals surface area contributed by atoms with E-state index in [1.807, 2.05) is 6.92 Å². The molecule has 2 aliphatic rings. The fourth-order valence-electron chi connectivity index (χ4n) is 2.96. The van der Waals surface area contributed by atoms with Gasteiger partial charge in [0.15, 0.2) is 0 Å². The second kappa shape index (κ2) is 5.94. The summed E-state index contributed by atoms with van der Waals surface area (Å²) in [7, 11) is 0. The number of carbonyl (C=O) groups excluding carboxylic acids is 1. The number of halogens is 1. The van der Waals surface area contributed by atoms with Crippen molar-refractivity contribution in [1.29, 1.82) is 0 Å². The predicted molar refractivity (Wildman–Crippen MR) is 86.8 cm³/mol. The third-order valence-corrected chi connectivity index (χ3v) is 4.58. The fraction of sp³-hybridized carbons (Fsp3) is 0.533. The molecule has 6 heteroatoms. The first-order valence-corrected chi connectivity index (χ1v) is 8.13. The van der Waals surface area contributed by atoms with Crippen LogP contribution in [0.1, 0.15) is 25.5 Å². The summed E-state index contributed by atoms with van der Waals surface area (Å²) < 4.78 is 6.61. The highest BCUT2D eigenvalue weighted by atomic mass is 79.9. The molecule has 5 nitrogen and oxygen atoms in total. The number of rotatable bonds is 3. The molecule has 0 bridgehead atoms. The van der Waals surface area contributed by atoms with Gasteiger partial charge in [-0.1, -0.05) is 6.92 Å². The van der Waals surface area contributed by atoms with Crippen molar-refractivity contribution in [2.24, 2.45) is 0 Å². The zero-order valence-electron chi connectivity index (χ0n) is 12.3. The van der Waals surface area contributed by atoms with Crippen LogP contribution in [0.15, 0.2) is 16.6 Å². The van der Waals surface area contributed by atoms with E-state index < -0.39 is 0 Å². The van der Waals surface area contributed by atoms with E-state index in [1.54, 1.807) is 0 Å². The number of morpholine rings is 1. The Morgan fingerprint density at radius 3 is 3.05 bits per heavy atom. The highest BCUT2D eigenvalue weighted by Crippen LogP contribution is 2.39. The number of nitrogens with zero attached hydrogens (tertiary/aromatic N) is 1. The Kier molecular flexibility index (Phi) is 4.19. The molecular weight excluding hydrogens is 334 g/mol. The maximum atomic E-state index is 12.0. The maximum Gasteiger partial charge on any atom is 0.246 e. The van der Waals surface area contributed by atoms with Crippen LogP contribution in [0.5, 0.6) is 0 Å². The number of likely N-dealkylation sites (N-methyl/N-ethyl adjacent to an activating group) is 1. The molecule has 2 N–H and O–H groups in total. The predicted octanol–water partition coefficient (Wildman–Crippen LogP) is 2.28. The minimum Gasteiger partial charge on any atom is -0.375 e. The van der Waals surface area contributed by atoms with Gasteiger partial charge in [0.25, 0.3) is 0 Å². The molecule has 1 aromatic rings. The van der Waals surface area contributed by atoms with Crippen molar-refractivity contribution in [3.8, 4) is 0 Å². The number of anilines is 2. The van der Waals surface area contributed by atoms with Crippen LogP contribution in [-0.4, -0.2) is 38.3 Å². The summed E-state index contributed by atoms with van der Waals surface area (Å²) in [4.78, 5) is 14.3. The molecule has 0 spiro atoms. The quantitative estimate of drug-likeness (QED) is 0.875. The van der Waals surface area contributed by atoms with Gasteiger partial charge in [-0.2, -0.15) is 0 Å². The zero-order chi connectivity index (χ0) is 15.0. The molecule has 2 atom stereocenters. The Labute approximate surface area is 133 Å². The van der Waals surface area contributed by atoms with Gasteiger partial charge in [0.1, 0.15) is 6.04 Å². The Morgan fingerprint density at radius 1 is 1.52 bits per heavy atom. The van der Waals surface area contributed by atoms with E-state index in [2.05, 4.69) is 50.5 Å². The number of benzene rings is 1. The van der Waals surface area contributed by atoms with E-state index in [0.717, 1.165) is 47.7 Å². The Balaban J connectivity index is 1.92. The van der Waals surface area contributed by atoms with Crippen LogP contribution in [-0.2, 0) is 9.53 Å². The van der Waals surface area contributed by atoms with Crippen LogP contribution < -0.4 is 15.5 Å². The lowest BCUT2D eigenvalue weighted by molar-refractivity contribution is -0.117. The normalized spacial score (nSPS) is 24.9. The van der Waals surface area contributed by atoms with Crippen molar-refractivity contribution >= 4 is 33.2 Å². The molecular formula is C15H20BrN3O2. The molecule has 2 unspecified atom stereocenters. The molecule has 0 aromatic heterocycles. The molecule has 1 aromatic carbocycles. The van der Waals surface area contributed by atoms with Gasteiger partial charge in [0.05, 0.1) is 18.4 Å². The van der Waals surface area contributed by atoms with Crippen molar-refractivity contribution in [2.45, 2.75) is 26.0 Å². The first-order chi connectivity index (χ1) is 10.1. The number of amides is 1. The summed E-state index contributed by atoms with van der Waals surface area (Å²) in [6.07, 6.45) is 0.225. The summed E-state index contributed by atoms with van der Waals surface area (Å²) in [5.41, 5.74) is 3.03. The largest absolute Gasteiger partial charge is 0.375 e. The van der Waals surface area contributed by atoms with E-state index in [4.69, 9.17) is 4.74 Å². The van der Waals surface area contributed by atoms with Gasteiger partial charge in [0.2, 0.25) is 5.91 Å². The number of fused-ring (bicyclic) bond motifs is 1. The first kappa shape index (κ1) is 14.8. The maximum absolute atomic E-state index is 12.0. The van der Waals surface area contributed by atoms with Crippen molar-refractivity contribution in [2.75, 3.05) is 36.5 Å². The van der Waals surface area contributed by atoms with Crippen molar-refractivity contribution in [3.05, 3.63) is 22.2 Å². The van der Waals surface area contributed by atoms with Gasteiger partial charge in [-0.15, -0.1) is 0 Å². The third kappa shape index (κ3) is 2.80. The topological polar surface area (TPSA) is 53.6 Å². The van der Waals surface area contributed by atoms with Crippen LogP contribution in [0.2, 0.25) is 0 Å². The second-order valence-electron chi connectivity index (χ2n) is 5.50. The molecule has 2 aliphatic heterocycles. The summed E-state index contributed by atoms with van der Waals surface area (Å²) in [6, 6.07) is 3.86. The Morgan fingerprint density at radius 2 is 2.33 bits per heavy atom. The monoisotopic (exact) mass is 353 g/mol. The SMILES string of the molecule is CCNC1C(=O)Nc2cc(N3CCOC(C)C3)c(Br)cc21. The van der Waals surface area contributed by atoms with Gasteiger partial charge in [-0.05, 0) is 41.5 Å². The molecule has 1 saturated heterocycles. The Hall–Kier alpha value is -1.11. The van der Waals surface area contributed by atoms with Crippen LogP contribution in [0.3, 0.4) is 0 Å². The lowest BCUT2D eigenvalue weighted by Gasteiger charge is -2.33. The smallest absolute Gasteiger partial charge is 0.246 e. The van der Waals surface area contributed by atoms with Crippen LogP contribution in [0, 0.1) is 0 Å². The number of nitrogens with one attached hydrogen (secondary N) is 2. The summed E-state index contributed by atoms with van der Waals surface area (Å²) in [5.74, 6) is 0.0197. The first-order valence-electron chi connectivity index (χ1n) is 7.34.